The zero-order valence-corrected chi connectivity index (χ0v) is 10.3. The number of hydrogen-bond donors (Lipinski definition) is 2. The van der Waals surface area contributed by atoms with E-state index in [-0.39, 0.29) is 5.70 Å². The minimum Gasteiger partial charge on any atom is -0.497 e. The van der Waals surface area contributed by atoms with Crippen molar-refractivity contribution >= 4 is 5.97 Å². The highest BCUT2D eigenvalue weighted by Gasteiger charge is 2.02. The number of hydrogen-bond acceptors (Lipinski definition) is 4. The summed E-state index contributed by atoms with van der Waals surface area (Å²) in [6.45, 7) is 3.69. The molecule has 0 heterocycles. The molecule has 0 atom stereocenters. The summed E-state index contributed by atoms with van der Waals surface area (Å²) in [5.41, 5.74) is 3.28. The predicted molar refractivity (Wildman–Crippen MR) is 67.2 cm³/mol. The first-order valence-corrected chi connectivity index (χ1v) is 5.56. The molecule has 0 bridgehead atoms. The minimum atomic E-state index is -1.12. The van der Waals surface area contributed by atoms with Crippen LogP contribution in [-0.4, -0.2) is 24.8 Å². The van der Waals surface area contributed by atoms with Gasteiger partial charge < -0.3 is 9.84 Å². The van der Waals surface area contributed by atoms with Crippen LogP contribution in [-0.2, 0) is 16.1 Å². The fourth-order valence-corrected chi connectivity index (χ4v) is 1.32. The Morgan fingerprint density at radius 3 is 2.61 bits per heavy atom. The fraction of sp³-hybridized carbons (Fsp3) is 0.308. The van der Waals surface area contributed by atoms with E-state index in [1.165, 1.54) is 5.56 Å². The molecule has 1 rings (SSSR count). The van der Waals surface area contributed by atoms with Crippen molar-refractivity contribution in [3.05, 3.63) is 42.1 Å². The average Bonchev–Trinajstić information content (AvgIpc) is 2.38. The molecule has 98 valence electrons. The number of nitrogens with one attached hydrogen (secondary N) is 1. The van der Waals surface area contributed by atoms with E-state index < -0.39 is 5.97 Å². The number of aliphatic carboxylic acids is 1. The molecule has 0 saturated carbocycles. The van der Waals surface area contributed by atoms with Gasteiger partial charge in [-0.25, -0.2) is 4.79 Å². The third-order valence-electron chi connectivity index (χ3n) is 2.32. The van der Waals surface area contributed by atoms with Crippen molar-refractivity contribution in [1.29, 1.82) is 0 Å². The summed E-state index contributed by atoms with van der Waals surface area (Å²) in [5, 5.41) is 8.51. The van der Waals surface area contributed by atoms with Gasteiger partial charge in [-0.1, -0.05) is 18.7 Å². The smallest absolute Gasteiger partial charge is 0.353 e. The molecule has 0 aliphatic heterocycles. The molecule has 0 saturated heterocycles. The van der Waals surface area contributed by atoms with Crippen LogP contribution in [0, 0.1) is 0 Å². The van der Waals surface area contributed by atoms with Crippen LogP contribution in [0.3, 0.4) is 0 Å². The highest BCUT2D eigenvalue weighted by atomic mass is 16.6. The van der Waals surface area contributed by atoms with Crippen molar-refractivity contribution in [1.82, 2.24) is 5.48 Å². The molecular formula is C13H17NO4. The van der Waals surface area contributed by atoms with Gasteiger partial charge in [-0.3, -0.25) is 10.3 Å². The zero-order valence-electron chi connectivity index (χ0n) is 10.3. The van der Waals surface area contributed by atoms with Gasteiger partial charge in [-0.2, -0.15) is 0 Å². The molecule has 0 aliphatic rings. The van der Waals surface area contributed by atoms with Crippen LogP contribution in [0.25, 0.3) is 0 Å². The Bertz CT molecular complexity index is 400. The molecule has 0 spiro atoms. The van der Waals surface area contributed by atoms with Crippen LogP contribution in [0.1, 0.15) is 12.0 Å². The molecule has 1 aromatic carbocycles. The number of hydroxylamine groups is 1. The maximum absolute atomic E-state index is 10.4. The molecule has 18 heavy (non-hydrogen) atoms. The topological polar surface area (TPSA) is 67.8 Å². The first-order valence-electron chi connectivity index (χ1n) is 5.56. The highest BCUT2D eigenvalue weighted by Crippen LogP contribution is 2.12. The SMILES string of the molecule is C=C(NOCCCc1ccc(OC)cc1)C(=O)O. The second-order valence-corrected chi connectivity index (χ2v) is 3.69. The molecule has 0 amide bonds. The first kappa shape index (κ1) is 14.1. The van der Waals surface area contributed by atoms with Gasteiger partial charge in [-0.15, -0.1) is 0 Å². The van der Waals surface area contributed by atoms with Crippen molar-refractivity contribution < 1.29 is 19.5 Å². The second kappa shape index (κ2) is 7.34. The summed E-state index contributed by atoms with van der Waals surface area (Å²) < 4.78 is 5.06. The summed E-state index contributed by atoms with van der Waals surface area (Å²) >= 11 is 0. The number of ether oxygens (including phenoxy) is 1. The van der Waals surface area contributed by atoms with Gasteiger partial charge in [0.15, 0.2) is 0 Å². The molecule has 2 N–H and O–H groups in total. The first-order chi connectivity index (χ1) is 8.63. The number of carboxylic acid groups (broad SMARTS) is 1. The van der Waals surface area contributed by atoms with Crippen molar-refractivity contribution in [2.45, 2.75) is 12.8 Å². The molecule has 5 heteroatoms. The maximum Gasteiger partial charge on any atom is 0.353 e. The number of carboxylic acids is 1. The van der Waals surface area contributed by atoms with E-state index in [0.717, 1.165) is 18.6 Å². The Hall–Kier alpha value is -2.01. The quantitative estimate of drug-likeness (QED) is 0.418. The molecule has 0 radical (unpaired) electrons. The van der Waals surface area contributed by atoms with E-state index >= 15 is 0 Å². The Kier molecular flexibility index (Phi) is 5.73. The van der Waals surface area contributed by atoms with Gasteiger partial charge in [0, 0.05) is 0 Å². The van der Waals surface area contributed by atoms with Crippen LogP contribution in [0.15, 0.2) is 36.5 Å². The average molecular weight is 251 g/mol. The summed E-state index contributed by atoms with van der Waals surface area (Å²) in [4.78, 5) is 15.4. The molecule has 0 aliphatic carbocycles. The van der Waals surface area contributed by atoms with Gasteiger partial charge in [0.1, 0.15) is 11.4 Å². The predicted octanol–water partition coefficient (Wildman–Crippen LogP) is 1.75. The number of methoxy groups -OCH3 is 1. The lowest BCUT2D eigenvalue weighted by atomic mass is 10.1. The highest BCUT2D eigenvalue weighted by molar-refractivity contribution is 5.84. The fourth-order valence-electron chi connectivity index (χ4n) is 1.32. The van der Waals surface area contributed by atoms with Gasteiger partial charge in [0.25, 0.3) is 0 Å². The number of aryl methyl sites for hydroxylation is 1. The van der Waals surface area contributed by atoms with Crippen molar-refractivity contribution in [2.75, 3.05) is 13.7 Å². The number of carbonyl (C=O) groups is 1. The lowest BCUT2D eigenvalue weighted by Gasteiger charge is -2.06. The lowest BCUT2D eigenvalue weighted by molar-refractivity contribution is -0.134. The summed E-state index contributed by atoms with van der Waals surface area (Å²) in [6.07, 6.45) is 1.64. The molecule has 0 aromatic heterocycles. The van der Waals surface area contributed by atoms with Crippen LogP contribution >= 0.6 is 0 Å². The monoisotopic (exact) mass is 251 g/mol. The van der Waals surface area contributed by atoms with Crippen LogP contribution in [0.2, 0.25) is 0 Å². The van der Waals surface area contributed by atoms with Crippen molar-refractivity contribution in [2.24, 2.45) is 0 Å². The van der Waals surface area contributed by atoms with Crippen LogP contribution in [0.4, 0.5) is 0 Å². The van der Waals surface area contributed by atoms with E-state index in [9.17, 15) is 4.79 Å². The lowest BCUT2D eigenvalue weighted by Crippen LogP contribution is -2.20. The molecule has 0 fully saturated rings. The van der Waals surface area contributed by atoms with Gasteiger partial charge in [0.05, 0.1) is 13.7 Å². The van der Waals surface area contributed by atoms with Crippen molar-refractivity contribution in [3.8, 4) is 5.75 Å². The molecule has 5 nitrogen and oxygen atoms in total. The summed E-state index contributed by atoms with van der Waals surface area (Å²) in [5.74, 6) is -0.292. The molecular weight excluding hydrogens is 234 g/mol. The number of benzene rings is 1. The summed E-state index contributed by atoms with van der Waals surface area (Å²) in [6, 6.07) is 7.78. The normalized spacial score (nSPS) is 9.83. The maximum atomic E-state index is 10.4. The molecule has 0 unspecified atom stereocenters. The zero-order chi connectivity index (χ0) is 13.4. The summed E-state index contributed by atoms with van der Waals surface area (Å²) in [7, 11) is 1.63. The Labute approximate surface area is 106 Å². The third kappa shape index (κ3) is 4.88. The minimum absolute atomic E-state index is 0.167. The van der Waals surface area contributed by atoms with E-state index in [1.54, 1.807) is 7.11 Å². The largest absolute Gasteiger partial charge is 0.497 e. The van der Waals surface area contributed by atoms with E-state index in [4.69, 9.17) is 14.7 Å². The van der Waals surface area contributed by atoms with Crippen LogP contribution in [0.5, 0.6) is 5.75 Å². The van der Waals surface area contributed by atoms with E-state index in [1.807, 2.05) is 24.3 Å². The van der Waals surface area contributed by atoms with Crippen LogP contribution < -0.4 is 10.2 Å². The van der Waals surface area contributed by atoms with E-state index in [0.29, 0.717) is 6.61 Å². The van der Waals surface area contributed by atoms with E-state index in [2.05, 4.69) is 12.1 Å². The third-order valence-corrected chi connectivity index (χ3v) is 2.32. The molecule has 1 aromatic rings. The Balaban J connectivity index is 2.17. The van der Waals surface area contributed by atoms with Gasteiger partial charge in [0.2, 0.25) is 0 Å². The van der Waals surface area contributed by atoms with Crippen molar-refractivity contribution in [3.63, 3.8) is 0 Å². The number of rotatable bonds is 8. The van der Waals surface area contributed by atoms with Gasteiger partial charge in [-0.05, 0) is 30.5 Å². The second-order valence-electron chi connectivity index (χ2n) is 3.69. The van der Waals surface area contributed by atoms with Gasteiger partial charge >= 0.3 is 5.97 Å². The standard InChI is InChI=1S/C13H17NO4/c1-10(13(15)16)14-18-9-3-4-11-5-7-12(17-2)8-6-11/h5-8,14H,1,3-4,9H2,2H3,(H,15,16). The Morgan fingerprint density at radius 2 is 2.06 bits per heavy atom. The Morgan fingerprint density at radius 1 is 1.39 bits per heavy atom.